The van der Waals surface area contributed by atoms with Crippen LogP contribution in [0.1, 0.15) is 63.5 Å². The molecule has 0 aliphatic carbocycles. The Labute approximate surface area is 128 Å². The zero-order chi connectivity index (χ0) is 14.9. The highest BCUT2D eigenvalue weighted by Crippen LogP contribution is 2.23. The van der Waals surface area contributed by atoms with Gasteiger partial charge in [-0.3, -0.25) is 0 Å². The van der Waals surface area contributed by atoms with Gasteiger partial charge in [-0.05, 0) is 56.2 Å². The van der Waals surface area contributed by atoms with Gasteiger partial charge in [0.05, 0.1) is 12.7 Å². The Morgan fingerprint density at radius 3 is 2.76 bits per heavy atom. The van der Waals surface area contributed by atoms with Gasteiger partial charge >= 0.3 is 0 Å². The number of ether oxygens (including phenoxy) is 2. The molecule has 1 fully saturated rings. The fourth-order valence-electron chi connectivity index (χ4n) is 2.75. The van der Waals surface area contributed by atoms with Gasteiger partial charge in [-0.15, -0.1) is 0 Å². The van der Waals surface area contributed by atoms with E-state index < -0.39 is 0 Å². The van der Waals surface area contributed by atoms with Crippen LogP contribution in [0.3, 0.4) is 0 Å². The second kappa shape index (κ2) is 9.06. The molecule has 0 amide bonds. The van der Waals surface area contributed by atoms with Crippen LogP contribution < -0.4 is 10.5 Å². The fraction of sp³-hybridized carbons (Fsp3) is 0.667. The predicted molar refractivity (Wildman–Crippen MR) is 86.6 cm³/mol. The van der Waals surface area contributed by atoms with E-state index in [0.29, 0.717) is 6.10 Å². The van der Waals surface area contributed by atoms with Crippen molar-refractivity contribution in [2.45, 2.75) is 64.0 Å². The summed E-state index contributed by atoms with van der Waals surface area (Å²) < 4.78 is 11.3. The van der Waals surface area contributed by atoms with E-state index in [-0.39, 0.29) is 6.04 Å². The van der Waals surface area contributed by atoms with E-state index >= 15 is 0 Å². The van der Waals surface area contributed by atoms with Crippen molar-refractivity contribution in [2.75, 3.05) is 13.2 Å². The number of nitrogens with two attached hydrogens (primary N) is 1. The monoisotopic (exact) mass is 291 g/mol. The van der Waals surface area contributed by atoms with E-state index in [4.69, 9.17) is 15.2 Å². The van der Waals surface area contributed by atoms with Gasteiger partial charge in [0.25, 0.3) is 0 Å². The lowest BCUT2D eigenvalue weighted by Crippen LogP contribution is -2.12. The average Bonchev–Trinajstić information content (AvgIpc) is 3.01. The van der Waals surface area contributed by atoms with Crippen LogP contribution in [0, 0.1) is 0 Å². The second-order valence-electron chi connectivity index (χ2n) is 5.94. The molecule has 1 saturated heterocycles. The second-order valence-corrected chi connectivity index (χ2v) is 5.94. The maximum absolute atomic E-state index is 6.27. The highest BCUT2D eigenvalue weighted by molar-refractivity contribution is 5.29. The molecular formula is C18H29NO2. The summed E-state index contributed by atoms with van der Waals surface area (Å²) in [7, 11) is 0. The quantitative estimate of drug-likeness (QED) is 0.693. The lowest BCUT2D eigenvalue weighted by molar-refractivity contribution is 0.101. The van der Waals surface area contributed by atoms with Crippen LogP contribution >= 0.6 is 0 Å². The number of unbranched alkanes of at least 4 members (excludes halogenated alkanes) is 1. The topological polar surface area (TPSA) is 44.5 Å². The molecule has 0 bridgehead atoms. The Kier molecular flexibility index (Phi) is 7.04. The van der Waals surface area contributed by atoms with Crippen molar-refractivity contribution >= 4 is 0 Å². The third kappa shape index (κ3) is 5.68. The Morgan fingerprint density at radius 2 is 2.10 bits per heavy atom. The molecular weight excluding hydrogens is 262 g/mol. The predicted octanol–water partition coefficient (Wildman–Crippen LogP) is 4.21. The fourth-order valence-corrected chi connectivity index (χ4v) is 2.75. The third-order valence-electron chi connectivity index (χ3n) is 4.14. The van der Waals surface area contributed by atoms with Crippen LogP contribution in [0.5, 0.6) is 5.75 Å². The van der Waals surface area contributed by atoms with Gasteiger partial charge in [-0.25, -0.2) is 0 Å². The van der Waals surface area contributed by atoms with Crippen LogP contribution in [0.2, 0.25) is 0 Å². The molecule has 3 heteroatoms. The van der Waals surface area contributed by atoms with Gasteiger partial charge in [0.15, 0.2) is 0 Å². The zero-order valence-electron chi connectivity index (χ0n) is 13.2. The number of hydrogen-bond acceptors (Lipinski definition) is 3. The van der Waals surface area contributed by atoms with E-state index in [1.54, 1.807) is 0 Å². The molecule has 3 nitrogen and oxygen atoms in total. The van der Waals surface area contributed by atoms with Crippen molar-refractivity contribution in [3.8, 4) is 5.75 Å². The molecule has 1 aromatic carbocycles. The first-order valence-electron chi connectivity index (χ1n) is 8.39. The van der Waals surface area contributed by atoms with Crippen LogP contribution in [0.15, 0.2) is 24.3 Å². The standard InChI is InChI=1S/C18H29NO2/c1-2-3-13-20-17-11-9-15(10-12-17)18(19)8-4-6-16-7-5-14-21-16/h9-12,16,18H,2-8,13-14,19H2,1H3. The Balaban J connectivity index is 1.69. The lowest BCUT2D eigenvalue weighted by atomic mass is 10.00. The maximum Gasteiger partial charge on any atom is 0.119 e. The van der Waals surface area contributed by atoms with Gasteiger partial charge in [0.2, 0.25) is 0 Å². The van der Waals surface area contributed by atoms with Crippen molar-refractivity contribution < 1.29 is 9.47 Å². The minimum absolute atomic E-state index is 0.121. The van der Waals surface area contributed by atoms with Gasteiger partial charge < -0.3 is 15.2 Å². The highest BCUT2D eigenvalue weighted by atomic mass is 16.5. The molecule has 2 N–H and O–H groups in total. The third-order valence-corrected chi connectivity index (χ3v) is 4.14. The highest BCUT2D eigenvalue weighted by Gasteiger charge is 2.15. The van der Waals surface area contributed by atoms with Crippen LogP contribution in [-0.4, -0.2) is 19.3 Å². The first-order valence-corrected chi connectivity index (χ1v) is 8.39. The molecule has 21 heavy (non-hydrogen) atoms. The number of benzene rings is 1. The SMILES string of the molecule is CCCCOc1ccc(C(N)CCCC2CCCO2)cc1. The normalized spacial score (nSPS) is 19.6. The summed E-state index contributed by atoms with van der Waals surface area (Å²) in [6.45, 7) is 3.90. The summed E-state index contributed by atoms with van der Waals surface area (Å²) in [6, 6.07) is 8.38. The van der Waals surface area contributed by atoms with Crippen LogP contribution in [-0.2, 0) is 4.74 Å². The lowest BCUT2D eigenvalue weighted by Gasteiger charge is -2.14. The molecule has 0 aromatic heterocycles. The van der Waals surface area contributed by atoms with Gasteiger partial charge in [0.1, 0.15) is 5.75 Å². The molecule has 1 heterocycles. The molecule has 1 aliphatic heterocycles. The van der Waals surface area contributed by atoms with Crippen molar-refractivity contribution in [3.05, 3.63) is 29.8 Å². The smallest absolute Gasteiger partial charge is 0.119 e. The summed E-state index contributed by atoms with van der Waals surface area (Å²) >= 11 is 0. The number of hydrogen-bond donors (Lipinski definition) is 1. The van der Waals surface area contributed by atoms with E-state index in [1.165, 1.54) is 18.4 Å². The minimum atomic E-state index is 0.121. The summed E-state index contributed by atoms with van der Waals surface area (Å²) in [5.41, 5.74) is 7.47. The molecule has 2 atom stereocenters. The first-order chi connectivity index (χ1) is 10.3. The summed E-state index contributed by atoms with van der Waals surface area (Å²) in [6.07, 6.45) is 8.49. The first kappa shape index (κ1) is 16.3. The molecule has 1 aromatic rings. The molecule has 0 radical (unpaired) electrons. The van der Waals surface area contributed by atoms with Gasteiger partial charge in [0, 0.05) is 12.6 Å². The van der Waals surface area contributed by atoms with Crippen LogP contribution in [0.4, 0.5) is 0 Å². The van der Waals surface area contributed by atoms with Crippen LogP contribution in [0.25, 0.3) is 0 Å². The number of rotatable bonds is 9. The maximum atomic E-state index is 6.27. The summed E-state index contributed by atoms with van der Waals surface area (Å²) in [5, 5.41) is 0. The van der Waals surface area contributed by atoms with Crippen molar-refractivity contribution in [2.24, 2.45) is 5.73 Å². The van der Waals surface area contributed by atoms with E-state index in [2.05, 4.69) is 19.1 Å². The van der Waals surface area contributed by atoms with E-state index in [1.807, 2.05) is 12.1 Å². The molecule has 0 saturated carbocycles. The van der Waals surface area contributed by atoms with Crippen molar-refractivity contribution in [3.63, 3.8) is 0 Å². The summed E-state index contributed by atoms with van der Waals surface area (Å²) in [4.78, 5) is 0. The minimum Gasteiger partial charge on any atom is -0.494 e. The van der Waals surface area contributed by atoms with Gasteiger partial charge in [-0.1, -0.05) is 25.5 Å². The van der Waals surface area contributed by atoms with Crippen molar-refractivity contribution in [1.82, 2.24) is 0 Å². The average molecular weight is 291 g/mol. The Hall–Kier alpha value is -1.06. The van der Waals surface area contributed by atoms with E-state index in [0.717, 1.165) is 51.1 Å². The van der Waals surface area contributed by atoms with Crippen molar-refractivity contribution in [1.29, 1.82) is 0 Å². The van der Waals surface area contributed by atoms with Gasteiger partial charge in [-0.2, -0.15) is 0 Å². The molecule has 1 aliphatic rings. The molecule has 118 valence electrons. The van der Waals surface area contributed by atoms with E-state index in [9.17, 15) is 0 Å². The molecule has 2 rings (SSSR count). The molecule has 2 unspecified atom stereocenters. The Bertz CT molecular complexity index is 385. The zero-order valence-corrected chi connectivity index (χ0v) is 13.2. The summed E-state index contributed by atoms with van der Waals surface area (Å²) in [5.74, 6) is 0.943. The molecule has 0 spiro atoms. The largest absolute Gasteiger partial charge is 0.494 e. The Morgan fingerprint density at radius 1 is 1.29 bits per heavy atom.